The third-order valence-electron chi connectivity index (χ3n) is 3.84. The van der Waals surface area contributed by atoms with E-state index in [-0.39, 0.29) is 17.6 Å². The predicted octanol–water partition coefficient (Wildman–Crippen LogP) is 1.35. The van der Waals surface area contributed by atoms with Crippen molar-refractivity contribution in [2.75, 3.05) is 18.0 Å². The van der Waals surface area contributed by atoms with E-state index in [0.29, 0.717) is 0 Å². The third kappa shape index (κ3) is 3.08. The highest BCUT2D eigenvalue weighted by molar-refractivity contribution is 5.92. The molecule has 7 heteroatoms. The molecule has 1 aliphatic heterocycles. The van der Waals surface area contributed by atoms with Crippen LogP contribution in [0.4, 0.5) is 10.2 Å². The lowest BCUT2D eigenvalue weighted by atomic mass is 10.1. The molecule has 1 N–H and O–H groups in total. The van der Waals surface area contributed by atoms with E-state index < -0.39 is 5.82 Å². The minimum atomic E-state index is -0.448. The zero-order valence-corrected chi connectivity index (χ0v) is 12.4. The molecule has 3 rings (SSSR count). The Morgan fingerprint density at radius 3 is 2.95 bits per heavy atom. The average Bonchev–Trinajstić information content (AvgIpc) is 2.94. The first kappa shape index (κ1) is 14.5. The number of piperidine rings is 1. The lowest BCUT2D eigenvalue weighted by Crippen LogP contribution is -2.48. The molecule has 6 nitrogen and oxygen atoms in total. The number of hydrogen-bond acceptors (Lipinski definition) is 4. The van der Waals surface area contributed by atoms with Crippen molar-refractivity contribution in [3.63, 3.8) is 0 Å². The summed E-state index contributed by atoms with van der Waals surface area (Å²) in [6, 6.07) is 4.64. The number of amides is 1. The summed E-state index contributed by atoms with van der Waals surface area (Å²) < 4.78 is 14.7. The van der Waals surface area contributed by atoms with Crippen LogP contribution in [0.15, 0.2) is 30.6 Å². The molecule has 0 saturated carbocycles. The number of aromatic nitrogens is 3. The van der Waals surface area contributed by atoms with Crippen LogP contribution in [0.2, 0.25) is 0 Å². The highest BCUT2D eigenvalue weighted by Gasteiger charge is 2.23. The Morgan fingerprint density at radius 1 is 1.41 bits per heavy atom. The molecule has 2 aromatic rings. The molecule has 1 atom stereocenters. The normalized spacial score (nSPS) is 18.3. The summed E-state index contributed by atoms with van der Waals surface area (Å²) in [5.74, 6) is 0.326. The number of anilines is 1. The van der Waals surface area contributed by atoms with Crippen LogP contribution in [0.5, 0.6) is 0 Å². The van der Waals surface area contributed by atoms with Crippen LogP contribution in [-0.2, 0) is 7.05 Å². The lowest BCUT2D eigenvalue weighted by Gasteiger charge is -2.34. The number of nitrogens with one attached hydrogen (secondary N) is 1. The van der Waals surface area contributed by atoms with Crippen molar-refractivity contribution >= 4 is 11.7 Å². The number of halogens is 1. The minimum Gasteiger partial charge on any atom is -0.355 e. The van der Waals surface area contributed by atoms with Crippen molar-refractivity contribution in [3.05, 3.63) is 42.1 Å². The highest BCUT2D eigenvalue weighted by Crippen LogP contribution is 2.19. The van der Waals surface area contributed by atoms with Gasteiger partial charge >= 0.3 is 0 Å². The van der Waals surface area contributed by atoms with Crippen molar-refractivity contribution in [3.8, 4) is 0 Å². The lowest BCUT2D eigenvalue weighted by molar-refractivity contribution is 0.0928. The number of carbonyl (C=O) groups excluding carboxylic acids is 1. The second kappa shape index (κ2) is 6.13. The Morgan fingerprint density at radius 2 is 2.27 bits per heavy atom. The minimum absolute atomic E-state index is 0.0444. The van der Waals surface area contributed by atoms with Crippen molar-refractivity contribution in [1.29, 1.82) is 0 Å². The molecule has 1 saturated heterocycles. The summed E-state index contributed by atoms with van der Waals surface area (Å²) in [7, 11) is 1.90. The molecule has 1 fully saturated rings. The van der Waals surface area contributed by atoms with Gasteiger partial charge in [-0.25, -0.2) is 9.37 Å². The average molecular weight is 303 g/mol. The molecule has 0 bridgehead atoms. The monoisotopic (exact) mass is 303 g/mol. The Bertz CT molecular complexity index is 654. The molecule has 3 heterocycles. The number of aryl methyl sites for hydroxylation is 1. The Kier molecular flexibility index (Phi) is 4.04. The molecule has 22 heavy (non-hydrogen) atoms. The van der Waals surface area contributed by atoms with Gasteiger partial charge in [0.05, 0.1) is 12.4 Å². The van der Waals surface area contributed by atoms with E-state index in [1.54, 1.807) is 6.20 Å². The van der Waals surface area contributed by atoms with Gasteiger partial charge in [-0.05, 0) is 25.0 Å². The smallest absolute Gasteiger partial charge is 0.270 e. The van der Waals surface area contributed by atoms with Crippen LogP contribution in [0.1, 0.15) is 23.3 Å². The quantitative estimate of drug-likeness (QED) is 0.930. The molecule has 0 radical (unpaired) electrons. The number of hydrogen-bond donors (Lipinski definition) is 1. The van der Waals surface area contributed by atoms with E-state index in [9.17, 15) is 9.18 Å². The number of pyridine rings is 1. The molecule has 0 spiro atoms. The summed E-state index contributed by atoms with van der Waals surface area (Å²) in [5.41, 5.74) is 0.235. The fourth-order valence-corrected chi connectivity index (χ4v) is 2.75. The first-order valence-electron chi connectivity index (χ1n) is 7.29. The van der Waals surface area contributed by atoms with Crippen LogP contribution in [0, 0.1) is 5.82 Å². The van der Waals surface area contributed by atoms with Crippen molar-refractivity contribution < 1.29 is 9.18 Å². The molecule has 0 aliphatic carbocycles. The van der Waals surface area contributed by atoms with Gasteiger partial charge in [0, 0.05) is 32.2 Å². The molecule has 116 valence electrons. The van der Waals surface area contributed by atoms with Crippen molar-refractivity contribution in [1.82, 2.24) is 20.1 Å². The fourth-order valence-electron chi connectivity index (χ4n) is 2.75. The van der Waals surface area contributed by atoms with Gasteiger partial charge in [-0.1, -0.05) is 0 Å². The Labute approximate surface area is 128 Å². The molecule has 0 unspecified atom stereocenters. The topological polar surface area (TPSA) is 63.1 Å². The molecule has 0 aromatic carbocycles. The van der Waals surface area contributed by atoms with E-state index in [1.165, 1.54) is 12.1 Å². The zero-order chi connectivity index (χ0) is 15.5. The molecule has 1 amide bonds. The Hall–Kier alpha value is -2.44. The standard InChI is InChI=1S/C15H18FN5O/c1-20-14(6-7-18-20)21-8-2-3-12(10-21)19-15(22)13-5-4-11(16)9-17-13/h4-7,9,12H,2-3,8,10H2,1H3,(H,19,22)/t12-/m0/s1. The number of rotatable bonds is 3. The first-order chi connectivity index (χ1) is 10.6. The highest BCUT2D eigenvalue weighted by atomic mass is 19.1. The van der Waals surface area contributed by atoms with E-state index in [0.717, 1.165) is 37.9 Å². The maximum Gasteiger partial charge on any atom is 0.270 e. The van der Waals surface area contributed by atoms with Gasteiger partial charge in [0.2, 0.25) is 0 Å². The number of nitrogens with zero attached hydrogens (tertiary/aromatic N) is 4. The van der Waals surface area contributed by atoms with Crippen molar-refractivity contribution in [2.45, 2.75) is 18.9 Å². The van der Waals surface area contributed by atoms with Crippen LogP contribution < -0.4 is 10.2 Å². The van der Waals surface area contributed by atoms with Crippen LogP contribution in [0.3, 0.4) is 0 Å². The van der Waals surface area contributed by atoms with Gasteiger partial charge in [0.1, 0.15) is 17.3 Å². The fraction of sp³-hybridized carbons (Fsp3) is 0.400. The van der Waals surface area contributed by atoms with Crippen LogP contribution >= 0.6 is 0 Å². The first-order valence-corrected chi connectivity index (χ1v) is 7.29. The second-order valence-corrected chi connectivity index (χ2v) is 5.43. The van der Waals surface area contributed by atoms with Crippen molar-refractivity contribution in [2.24, 2.45) is 7.05 Å². The second-order valence-electron chi connectivity index (χ2n) is 5.43. The van der Waals surface area contributed by atoms with Gasteiger partial charge in [0.25, 0.3) is 5.91 Å². The van der Waals surface area contributed by atoms with Crippen LogP contribution in [-0.4, -0.2) is 39.8 Å². The summed E-state index contributed by atoms with van der Waals surface area (Å²) in [4.78, 5) is 18.2. The van der Waals surface area contributed by atoms with Gasteiger partial charge in [-0.2, -0.15) is 5.10 Å². The maximum absolute atomic E-state index is 12.8. The van der Waals surface area contributed by atoms with Gasteiger partial charge in [-0.15, -0.1) is 0 Å². The summed E-state index contributed by atoms with van der Waals surface area (Å²) >= 11 is 0. The molecular formula is C15H18FN5O. The Balaban J connectivity index is 1.64. The summed E-state index contributed by atoms with van der Waals surface area (Å²) in [6.07, 6.45) is 4.73. The molecule has 2 aromatic heterocycles. The van der Waals surface area contributed by atoms with Gasteiger partial charge < -0.3 is 10.2 Å². The van der Waals surface area contributed by atoms with E-state index in [4.69, 9.17) is 0 Å². The molecular weight excluding hydrogens is 285 g/mol. The van der Waals surface area contributed by atoms with E-state index in [1.807, 2.05) is 17.8 Å². The van der Waals surface area contributed by atoms with Gasteiger partial charge in [-0.3, -0.25) is 9.48 Å². The maximum atomic E-state index is 12.8. The molecule has 1 aliphatic rings. The number of carbonyl (C=O) groups is 1. The van der Waals surface area contributed by atoms with E-state index >= 15 is 0 Å². The summed E-state index contributed by atoms with van der Waals surface area (Å²) in [5, 5.41) is 7.15. The third-order valence-corrected chi connectivity index (χ3v) is 3.84. The SMILES string of the molecule is Cn1nccc1N1CCC[C@H](NC(=O)c2ccc(F)cn2)C1. The van der Waals surface area contributed by atoms with E-state index in [2.05, 4.69) is 20.3 Å². The zero-order valence-electron chi connectivity index (χ0n) is 12.4. The van der Waals surface area contributed by atoms with Crippen LogP contribution in [0.25, 0.3) is 0 Å². The summed E-state index contributed by atoms with van der Waals surface area (Å²) in [6.45, 7) is 1.67. The largest absolute Gasteiger partial charge is 0.355 e. The predicted molar refractivity (Wildman–Crippen MR) is 80.1 cm³/mol. The van der Waals surface area contributed by atoms with Gasteiger partial charge in [0.15, 0.2) is 0 Å².